The third kappa shape index (κ3) is 1.52. The van der Waals surface area contributed by atoms with Crippen LogP contribution in [0.1, 0.15) is 0 Å². The Morgan fingerprint density at radius 2 is 0.714 bits per heavy atom. The zero-order valence-electron chi connectivity index (χ0n) is 6.02. The number of hydrogen-bond donors (Lipinski definition) is 0. The highest BCUT2D eigenvalue weighted by Crippen LogP contribution is 2.54. The minimum absolute atomic E-state index is 1.52. The van der Waals surface area contributed by atoms with Crippen molar-refractivity contribution in [2.45, 2.75) is 11.8 Å². The summed E-state index contributed by atoms with van der Waals surface area (Å²) in [6, 6.07) is 0. The summed E-state index contributed by atoms with van der Waals surface area (Å²) in [5.41, 5.74) is 0. The molecule has 0 aromatic carbocycles. The van der Waals surface area contributed by atoms with E-state index >= 15 is 0 Å². The van der Waals surface area contributed by atoms with Crippen LogP contribution in [-0.2, 0) is 0 Å². The first-order chi connectivity index (χ1) is 6.13. The van der Waals surface area contributed by atoms with Crippen molar-refractivity contribution in [3.63, 3.8) is 0 Å². The summed E-state index contributed by atoms with van der Waals surface area (Å²) in [5, 5.41) is -6.06. The minimum Gasteiger partial charge on any atom is -0.194 e. The maximum atomic E-state index is 13.0. The molecule has 1 aliphatic carbocycles. The molecule has 14 heavy (non-hydrogen) atoms. The van der Waals surface area contributed by atoms with E-state index in [1.54, 1.807) is 0 Å². The summed E-state index contributed by atoms with van der Waals surface area (Å²) in [6.45, 7) is 0. The van der Waals surface area contributed by atoms with E-state index in [0.717, 1.165) is 0 Å². The van der Waals surface area contributed by atoms with Gasteiger partial charge < -0.3 is 0 Å². The molecule has 0 saturated heterocycles. The quantitative estimate of drug-likeness (QED) is 0.570. The van der Waals surface area contributed by atoms with Gasteiger partial charge in [0.15, 0.2) is 0 Å². The second kappa shape index (κ2) is 3.44. The van der Waals surface area contributed by atoms with Crippen molar-refractivity contribution in [1.29, 1.82) is 0 Å². The molecular formula is C6Cl4F4. The monoisotopic (exact) mass is 288 g/mol. The molecule has 0 atom stereocenters. The fourth-order valence-corrected chi connectivity index (χ4v) is 1.69. The molecule has 0 spiro atoms. The van der Waals surface area contributed by atoms with Crippen LogP contribution in [0.3, 0.4) is 0 Å². The summed E-state index contributed by atoms with van der Waals surface area (Å²) in [6.07, 6.45) is 0. The van der Waals surface area contributed by atoms with Crippen molar-refractivity contribution in [2.75, 3.05) is 0 Å². The van der Waals surface area contributed by atoms with E-state index in [1.165, 1.54) is 0 Å². The van der Waals surface area contributed by atoms with Crippen LogP contribution in [0.25, 0.3) is 0 Å². The standard InChI is InChI=1S/C6Cl4F4/c7-1-2(8)6(13,14)4(10)3(9)5(1,11)12. The molecule has 0 radical (unpaired) electrons. The molecule has 80 valence electrons. The fourth-order valence-electron chi connectivity index (χ4n) is 0.744. The normalized spacial score (nSPS) is 25.7. The Bertz CT molecular complexity index is 282. The van der Waals surface area contributed by atoms with Gasteiger partial charge in [0.2, 0.25) is 0 Å². The lowest BCUT2D eigenvalue weighted by Crippen LogP contribution is -2.32. The summed E-state index contributed by atoms with van der Waals surface area (Å²) in [7, 11) is 0. The lowest BCUT2D eigenvalue weighted by molar-refractivity contribution is 0.0562. The Morgan fingerprint density at radius 1 is 0.571 bits per heavy atom. The highest BCUT2D eigenvalue weighted by Gasteiger charge is 2.55. The molecule has 1 aliphatic rings. The van der Waals surface area contributed by atoms with Gasteiger partial charge in [-0.1, -0.05) is 46.4 Å². The predicted molar refractivity (Wildman–Crippen MR) is 47.4 cm³/mol. The highest BCUT2D eigenvalue weighted by atomic mass is 35.5. The van der Waals surface area contributed by atoms with Gasteiger partial charge in [-0.25, -0.2) is 0 Å². The third-order valence-electron chi connectivity index (χ3n) is 1.49. The molecule has 8 heteroatoms. The van der Waals surface area contributed by atoms with Crippen molar-refractivity contribution >= 4 is 46.4 Å². The molecule has 0 aliphatic heterocycles. The lowest BCUT2D eigenvalue weighted by Gasteiger charge is -2.27. The Balaban J connectivity index is 3.46. The second-order valence-electron chi connectivity index (χ2n) is 2.40. The zero-order chi connectivity index (χ0) is 11.3. The van der Waals surface area contributed by atoms with Crippen LogP contribution in [0.2, 0.25) is 0 Å². The molecule has 1 rings (SSSR count). The minimum atomic E-state index is -3.96. The Labute approximate surface area is 96.1 Å². The lowest BCUT2D eigenvalue weighted by atomic mass is 10.1. The highest BCUT2D eigenvalue weighted by molar-refractivity contribution is 6.47. The molecule has 0 aromatic rings. The second-order valence-corrected chi connectivity index (χ2v) is 3.92. The first kappa shape index (κ1) is 12.4. The maximum Gasteiger partial charge on any atom is 0.321 e. The van der Waals surface area contributed by atoms with Crippen molar-refractivity contribution < 1.29 is 17.6 Å². The van der Waals surface area contributed by atoms with Crippen molar-refractivity contribution in [2.24, 2.45) is 0 Å². The van der Waals surface area contributed by atoms with Crippen molar-refractivity contribution in [3.8, 4) is 0 Å². The van der Waals surface area contributed by atoms with Gasteiger partial charge in [-0.05, 0) is 0 Å². The fraction of sp³-hybridized carbons (Fsp3) is 0.333. The van der Waals surface area contributed by atoms with Crippen LogP contribution in [0.4, 0.5) is 17.6 Å². The molecule has 0 fully saturated rings. The molecule has 0 amide bonds. The predicted octanol–water partition coefficient (Wildman–Crippen LogP) is 4.65. The molecule has 0 heterocycles. The average Bonchev–Trinajstić information content (AvgIpc) is 2.11. The van der Waals surface area contributed by atoms with Gasteiger partial charge in [-0.3, -0.25) is 0 Å². The van der Waals surface area contributed by atoms with Crippen LogP contribution < -0.4 is 0 Å². The van der Waals surface area contributed by atoms with Crippen LogP contribution in [0, 0.1) is 0 Å². The van der Waals surface area contributed by atoms with Gasteiger partial charge in [-0.2, -0.15) is 17.6 Å². The third-order valence-corrected chi connectivity index (χ3v) is 3.39. The van der Waals surface area contributed by atoms with Crippen LogP contribution in [-0.4, -0.2) is 11.8 Å². The summed E-state index contributed by atoms with van der Waals surface area (Å²) in [4.78, 5) is 0. The van der Waals surface area contributed by atoms with E-state index < -0.39 is 32.0 Å². The van der Waals surface area contributed by atoms with Crippen LogP contribution >= 0.6 is 46.4 Å². The first-order valence-corrected chi connectivity index (χ1v) is 4.52. The topological polar surface area (TPSA) is 0 Å². The van der Waals surface area contributed by atoms with Gasteiger partial charge in [0.25, 0.3) is 0 Å². The smallest absolute Gasteiger partial charge is 0.194 e. The molecule has 0 unspecified atom stereocenters. The van der Waals surface area contributed by atoms with Crippen molar-refractivity contribution in [1.82, 2.24) is 0 Å². The number of halogens is 8. The summed E-state index contributed by atoms with van der Waals surface area (Å²) in [5.74, 6) is -7.92. The van der Waals surface area contributed by atoms with Gasteiger partial charge in [0.05, 0.1) is 0 Å². The van der Waals surface area contributed by atoms with E-state index in [4.69, 9.17) is 46.4 Å². The van der Waals surface area contributed by atoms with Crippen LogP contribution in [0.15, 0.2) is 20.1 Å². The molecule has 0 N–H and O–H groups in total. The van der Waals surface area contributed by atoms with Crippen molar-refractivity contribution in [3.05, 3.63) is 20.1 Å². The first-order valence-electron chi connectivity index (χ1n) is 3.01. The van der Waals surface area contributed by atoms with Gasteiger partial charge in [0, 0.05) is 0 Å². The van der Waals surface area contributed by atoms with Gasteiger partial charge in [-0.15, -0.1) is 0 Å². The molecule has 0 nitrogen and oxygen atoms in total. The SMILES string of the molecule is FC1(F)C(Cl)=C(Cl)C(F)(F)C(Cl)=C1Cl. The molecule has 0 saturated carbocycles. The van der Waals surface area contributed by atoms with E-state index in [0.29, 0.717) is 0 Å². The average molecular weight is 290 g/mol. The molecule has 0 bridgehead atoms. The Morgan fingerprint density at radius 3 is 0.857 bits per heavy atom. The van der Waals surface area contributed by atoms with E-state index in [2.05, 4.69) is 0 Å². The number of allylic oxidation sites excluding steroid dienone is 4. The molecule has 0 aromatic heterocycles. The number of hydrogen-bond acceptors (Lipinski definition) is 0. The van der Waals surface area contributed by atoms with Crippen LogP contribution in [0.5, 0.6) is 0 Å². The summed E-state index contributed by atoms with van der Waals surface area (Å²) >= 11 is 19.8. The zero-order valence-corrected chi connectivity index (χ0v) is 9.05. The van der Waals surface area contributed by atoms with Gasteiger partial charge in [0.1, 0.15) is 20.1 Å². The van der Waals surface area contributed by atoms with Gasteiger partial charge >= 0.3 is 11.8 Å². The largest absolute Gasteiger partial charge is 0.321 e. The summed E-state index contributed by atoms with van der Waals surface area (Å²) < 4.78 is 51.8. The Kier molecular flexibility index (Phi) is 3.05. The maximum absolute atomic E-state index is 13.0. The molecular weight excluding hydrogens is 290 g/mol. The van der Waals surface area contributed by atoms with E-state index in [-0.39, 0.29) is 0 Å². The van der Waals surface area contributed by atoms with E-state index in [9.17, 15) is 17.6 Å². The number of rotatable bonds is 0. The van der Waals surface area contributed by atoms with E-state index in [1.807, 2.05) is 0 Å². The Hall–Kier alpha value is 0.360. The number of alkyl halides is 4.